The van der Waals surface area contributed by atoms with Crippen LogP contribution in [0.2, 0.25) is 0 Å². The molecule has 0 spiro atoms. The molecule has 1 heterocycles. The number of nitrogens with zero attached hydrogens (tertiary/aromatic N) is 1. The minimum Gasteiger partial charge on any atom is -0.309 e. The maximum absolute atomic E-state index is 12.9. The van der Waals surface area contributed by atoms with Crippen molar-refractivity contribution in [3.63, 3.8) is 0 Å². The monoisotopic (exact) mass is 384 g/mol. The first-order chi connectivity index (χ1) is 12.9. The van der Waals surface area contributed by atoms with E-state index < -0.39 is 10.0 Å². The zero-order valence-electron chi connectivity index (χ0n) is 15.6. The third kappa shape index (κ3) is 3.34. The number of hydrogen-bond acceptors (Lipinski definition) is 3. The smallest absolute Gasteiger partial charge is 0.261 e. The average molecular weight is 385 g/mol. The summed E-state index contributed by atoms with van der Waals surface area (Å²) in [6.07, 6.45) is 3.36. The van der Waals surface area contributed by atoms with Crippen LogP contribution in [-0.2, 0) is 27.7 Å². The first-order valence-corrected chi connectivity index (χ1v) is 11.0. The Morgan fingerprint density at radius 1 is 1.19 bits per heavy atom. The Morgan fingerprint density at radius 3 is 2.63 bits per heavy atom. The molecular formula is C21H24N2O3S. The van der Waals surface area contributed by atoms with Gasteiger partial charge in [-0.15, -0.1) is 0 Å². The normalized spacial score (nSPS) is 19.0. The van der Waals surface area contributed by atoms with Crippen molar-refractivity contribution in [3.8, 4) is 0 Å². The van der Waals surface area contributed by atoms with Gasteiger partial charge in [0.1, 0.15) is 0 Å². The number of aryl methyl sites for hydroxylation is 1. The summed E-state index contributed by atoms with van der Waals surface area (Å²) in [5.41, 5.74) is 3.34. The molecule has 0 aromatic heterocycles. The van der Waals surface area contributed by atoms with Crippen LogP contribution in [0.4, 0.5) is 11.4 Å². The number of nitrogens with one attached hydrogen (secondary N) is 1. The second-order valence-corrected chi connectivity index (χ2v) is 9.12. The Kier molecular flexibility index (Phi) is 4.46. The Morgan fingerprint density at radius 2 is 1.93 bits per heavy atom. The van der Waals surface area contributed by atoms with Gasteiger partial charge >= 0.3 is 0 Å². The van der Waals surface area contributed by atoms with Gasteiger partial charge in [0, 0.05) is 17.6 Å². The molecule has 1 saturated carbocycles. The minimum atomic E-state index is -3.68. The van der Waals surface area contributed by atoms with Gasteiger partial charge in [-0.3, -0.25) is 9.52 Å². The highest BCUT2D eigenvalue weighted by atomic mass is 32.2. The largest absolute Gasteiger partial charge is 0.309 e. The van der Waals surface area contributed by atoms with E-state index in [1.54, 1.807) is 24.3 Å². The second kappa shape index (κ2) is 6.68. The molecular weight excluding hydrogens is 360 g/mol. The molecule has 0 bridgehead atoms. The molecule has 0 saturated heterocycles. The lowest BCUT2D eigenvalue weighted by Crippen LogP contribution is -2.36. The van der Waals surface area contributed by atoms with Gasteiger partial charge in [0.2, 0.25) is 5.91 Å². The Balaban J connectivity index is 1.64. The second-order valence-electron chi connectivity index (χ2n) is 7.44. The molecule has 6 heteroatoms. The van der Waals surface area contributed by atoms with E-state index in [1.165, 1.54) is 0 Å². The number of anilines is 2. The van der Waals surface area contributed by atoms with Gasteiger partial charge in [-0.2, -0.15) is 0 Å². The Hall–Kier alpha value is -2.34. The first-order valence-electron chi connectivity index (χ1n) is 9.47. The fourth-order valence-electron chi connectivity index (χ4n) is 3.77. The van der Waals surface area contributed by atoms with E-state index >= 15 is 0 Å². The molecule has 4 rings (SSSR count). The van der Waals surface area contributed by atoms with Crippen LogP contribution in [0.5, 0.6) is 0 Å². The van der Waals surface area contributed by atoms with E-state index in [1.807, 2.05) is 36.9 Å². The standard InChI is InChI=1S/C21H24N2O3S/c1-3-15-6-4-5-7-19(15)22-27(25,26)18-10-11-20-17(13-18)12-14(2)23(20)21(24)16-8-9-16/h4-7,10-11,13-14,16,22H,3,8-9,12H2,1-2H3/t14-/m1/s1. The van der Waals surface area contributed by atoms with Crippen molar-refractivity contribution in [2.75, 3.05) is 9.62 Å². The molecule has 2 aliphatic rings. The van der Waals surface area contributed by atoms with Crippen molar-refractivity contribution in [1.29, 1.82) is 0 Å². The zero-order chi connectivity index (χ0) is 19.2. The highest BCUT2D eigenvalue weighted by Gasteiger charge is 2.39. The van der Waals surface area contributed by atoms with Crippen LogP contribution in [0.1, 0.15) is 37.8 Å². The van der Waals surface area contributed by atoms with Crippen molar-refractivity contribution in [1.82, 2.24) is 0 Å². The van der Waals surface area contributed by atoms with Crippen LogP contribution in [0.25, 0.3) is 0 Å². The van der Waals surface area contributed by atoms with Crippen LogP contribution < -0.4 is 9.62 Å². The fourth-order valence-corrected chi connectivity index (χ4v) is 4.92. The molecule has 1 aliphatic heterocycles. The summed E-state index contributed by atoms with van der Waals surface area (Å²) in [5, 5.41) is 0. The fraction of sp³-hybridized carbons (Fsp3) is 0.381. The maximum Gasteiger partial charge on any atom is 0.261 e. The molecule has 27 heavy (non-hydrogen) atoms. The first kappa shape index (κ1) is 18.0. The van der Waals surface area contributed by atoms with Crippen molar-refractivity contribution in [2.24, 2.45) is 5.92 Å². The van der Waals surface area contributed by atoms with Gasteiger partial charge < -0.3 is 4.90 Å². The maximum atomic E-state index is 12.9. The van der Waals surface area contributed by atoms with Gasteiger partial charge in [-0.25, -0.2) is 8.42 Å². The number of hydrogen-bond donors (Lipinski definition) is 1. The minimum absolute atomic E-state index is 0.0693. The molecule has 2 aromatic carbocycles. The van der Waals surface area contributed by atoms with E-state index in [9.17, 15) is 13.2 Å². The molecule has 142 valence electrons. The molecule has 1 amide bonds. The summed E-state index contributed by atoms with van der Waals surface area (Å²) >= 11 is 0. The van der Waals surface area contributed by atoms with E-state index in [0.29, 0.717) is 12.1 Å². The van der Waals surface area contributed by atoms with Crippen LogP contribution in [0, 0.1) is 5.92 Å². The summed E-state index contributed by atoms with van der Waals surface area (Å²) in [5.74, 6) is 0.320. The van der Waals surface area contributed by atoms with Crippen molar-refractivity contribution >= 4 is 27.3 Å². The van der Waals surface area contributed by atoms with E-state index in [4.69, 9.17) is 0 Å². The molecule has 2 aromatic rings. The van der Waals surface area contributed by atoms with Crippen molar-refractivity contribution < 1.29 is 13.2 Å². The Bertz CT molecular complexity index is 996. The third-order valence-electron chi connectivity index (χ3n) is 5.38. The molecule has 1 atom stereocenters. The lowest BCUT2D eigenvalue weighted by Gasteiger charge is -2.22. The SMILES string of the molecule is CCc1ccccc1NS(=O)(=O)c1ccc2c(c1)C[C@@H](C)N2C(=O)C1CC1. The molecule has 1 fully saturated rings. The van der Waals surface area contributed by atoms with Gasteiger partial charge in [-0.05, 0) is 68.0 Å². The van der Waals surface area contributed by atoms with Gasteiger partial charge in [0.25, 0.3) is 10.0 Å². The topological polar surface area (TPSA) is 66.5 Å². The predicted octanol–water partition coefficient (Wildman–Crippen LogP) is 3.74. The quantitative estimate of drug-likeness (QED) is 0.854. The number of carbonyl (C=O) groups is 1. The number of para-hydroxylation sites is 1. The summed E-state index contributed by atoms with van der Waals surface area (Å²) in [6, 6.07) is 12.6. The molecule has 1 N–H and O–H groups in total. The molecule has 1 aliphatic carbocycles. The zero-order valence-corrected chi connectivity index (χ0v) is 16.4. The lowest BCUT2D eigenvalue weighted by molar-refractivity contribution is -0.120. The van der Waals surface area contributed by atoms with E-state index in [-0.39, 0.29) is 22.8 Å². The summed E-state index contributed by atoms with van der Waals surface area (Å²) in [4.78, 5) is 14.7. The molecule has 0 unspecified atom stereocenters. The highest BCUT2D eigenvalue weighted by molar-refractivity contribution is 7.92. The summed E-state index contributed by atoms with van der Waals surface area (Å²) in [6.45, 7) is 4.01. The number of fused-ring (bicyclic) bond motifs is 1. The van der Waals surface area contributed by atoms with Crippen LogP contribution in [0.15, 0.2) is 47.4 Å². The van der Waals surface area contributed by atoms with Gasteiger partial charge in [0.15, 0.2) is 0 Å². The number of sulfonamides is 1. The highest BCUT2D eigenvalue weighted by Crippen LogP contribution is 2.39. The number of benzene rings is 2. The number of carbonyl (C=O) groups excluding carboxylic acids is 1. The molecule has 5 nitrogen and oxygen atoms in total. The Labute approximate surface area is 160 Å². The van der Waals surface area contributed by atoms with Gasteiger partial charge in [0.05, 0.1) is 10.6 Å². The summed E-state index contributed by atoms with van der Waals surface area (Å²) < 4.78 is 28.5. The van der Waals surface area contributed by atoms with Crippen molar-refractivity contribution in [2.45, 2.75) is 50.5 Å². The van der Waals surface area contributed by atoms with Crippen LogP contribution in [-0.4, -0.2) is 20.4 Å². The van der Waals surface area contributed by atoms with E-state index in [0.717, 1.165) is 36.1 Å². The van der Waals surface area contributed by atoms with Crippen LogP contribution in [0.3, 0.4) is 0 Å². The predicted molar refractivity (Wildman–Crippen MR) is 106 cm³/mol. The number of amides is 1. The van der Waals surface area contributed by atoms with Gasteiger partial charge in [-0.1, -0.05) is 25.1 Å². The van der Waals surface area contributed by atoms with Crippen LogP contribution >= 0.6 is 0 Å². The lowest BCUT2D eigenvalue weighted by atomic mass is 10.1. The molecule has 0 radical (unpaired) electrons. The number of rotatable bonds is 5. The third-order valence-corrected chi connectivity index (χ3v) is 6.75. The summed E-state index contributed by atoms with van der Waals surface area (Å²) in [7, 11) is -3.68. The average Bonchev–Trinajstić information content (AvgIpc) is 3.43. The van der Waals surface area contributed by atoms with Crippen molar-refractivity contribution in [3.05, 3.63) is 53.6 Å². The van der Waals surface area contributed by atoms with E-state index in [2.05, 4.69) is 4.72 Å².